The first-order valence-corrected chi connectivity index (χ1v) is 6.85. The van der Waals surface area contributed by atoms with E-state index in [0.29, 0.717) is 0 Å². The minimum atomic E-state index is 0.849. The maximum atomic E-state index is 3.74. The van der Waals surface area contributed by atoms with Crippen molar-refractivity contribution in [3.8, 4) is 0 Å². The minimum Gasteiger partial charge on any atom is -0.311 e. The largest absolute Gasteiger partial charge is 0.311 e. The van der Waals surface area contributed by atoms with Crippen molar-refractivity contribution in [2.45, 2.75) is 63.6 Å². The van der Waals surface area contributed by atoms with Gasteiger partial charge in [-0.2, -0.15) is 0 Å². The maximum Gasteiger partial charge on any atom is 0.0125 e. The van der Waals surface area contributed by atoms with E-state index in [1.165, 1.54) is 51.6 Å². The molecule has 0 aromatic rings. The highest BCUT2D eigenvalue weighted by atomic mass is 15.2. The molecule has 2 atom stereocenters. The summed E-state index contributed by atoms with van der Waals surface area (Å²) in [7, 11) is 0. The van der Waals surface area contributed by atoms with Crippen LogP contribution in [0.15, 0.2) is 0 Å². The first-order chi connectivity index (χ1) is 7.35. The van der Waals surface area contributed by atoms with E-state index >= 15 is 0 Å². The zero-order chi connectivity index (χ0) is 10.3. The minimum absolute atomic E-state index is 0.849. The van der Waals surface area contributed by atoms with Crippen LogP contribution in [0.3, 0.4) is 0 Å². The molecule has 2 unspecified atom stereocenters. The number of rotatable bonds is 4. The molecule has 2 nitrogen and oxygen atoms in total. The van der Waals surface area contributed by atoms with Gasteiger partial charge >= 0.3 is 0 Å². The Bertz CT molecular complexity index is 213. The monoisotopic (exact) mass is 208 g/mol. The highest BCUT2D eigenvalue weighted by Gasteiger charge is 2.36. The van der Waals surface area contributed by atoms with Crippen LogP contribution in [0, 0.1) is 5.92 Å². The summed E-state index contributed by atoms with van der Waals surface area (Å²) in [5.41, 5.74) is 0. The molecular weight excluding hydrogens is 184 g/mol. The first kappa shape index (κ1) is 10.1. The van der Waals surface area contributed by atoms with Gasteiger partial charge in [-0.3, -0.25) is 0 Å². The molecule has 0 spiro atoms. The third-order valence-electron chi connectivity index (χ3n) is 4.56. The Labute approximate surface area is 93.4 Å². The molecule has 2 aliphatic heterocycles. The topological polar surface area (TPSA) is 15.3 Å². The average molecular weight is 208 g/mol. The zero-order valence-corrected chi connectivity index (χ0v) is 9.91. The third kappa shape index (κ3) is 2.21. The van der Waals surface area contributed by atoms with Gasteiger partial charge in [-0.1, -0.05) is 6.92 Å². The number of piperidine rings is 1. The number of hydrogen-bond acceptors (Lipinski definition) is 2. The molecular formula is C13H24N2. The van der Waals surface area contributed by atoms with E-state index in [0.717, 1.165) is 24.0 Å². The molecule has 1 N–H and O–H groups in total. The Morgan fingerprint density at radius 2 is 1.73 bits per heavy atom. The van der Waals surface area contributed by atoms with Crippen LogP contribution in [0.4, 0.5) is 0 Å². The molecule has 86 valence electrons. The van der Waals surface area contributed by atoms with Gasteiger partial charge in [0, 0.05) is 24.7 Å². The smallest absolute Gasteiger partial charge is 0.0125 e. The van der Waals surface area contributed by atoms with Gasteiger partial charge in [0.2, 0.25) is 0 Å². The van der Waals surface area contributed by atoms with Crippen LogP contribution in [0.25, 0.3) is 0 Å². The molecule has 3 rings (SSSR count). The third-order valence-corrected chi connectivity index (χ3v) is 4.56. The van der Waals surface area contributed by atoms with Gasteiger partial charge < -0.3 is 10.2 Å². The van der Waals surface area contributed by atoms with Crippen LogP contribution in [-0.4, -0.2) is 36.1 Å². The van der Waals surface area contributed by atoms with Crippen molar-refractivity contribution < 1.29 is 0 Å². The quantitative estimate of drug-likeness (QED) is 0.760. The highest BCUT2D eigenvalue weighted by Crippen LogP contribution is 2.34. The molecule has 15 heavy (non-hydrogen) atoms. The summed E-state index contributed by atoms with van der Waals surface area (Å²) in [6.45, 7) is 4.99. The standard InChI is InChI=1S/C13H24N2/c1-2-15(9-10-3-4-10)13-7-11-5-6-12(8-13)14-11/h10-14H,2-9H2,1H3. The lowest BCUT2D eigenvalue weighted by molar-refractivity contribution is 0.142. The normalized spacial score (nSPS) is 40.0. The van der Waals surface area contributed by atoms with Crippen molar-refractivity contribution in [2.24, 2.45) is 5.92 Å². The lowest BCUT2D eigenvalue weighted by Crippen LogP contribution is -2.48. The van der Waals surface area contributed by atoms with Crippen LogP contribution in [-0.2, 0) is 0 Å². The fourth-order valence-electron chi connectivity index (χ4n) is 3.49. The second-order valence-electron chi connectivity index (χ2n) is 5.79. The Balaban J connectivity index is 1.59. The predicted molar refractivity (Wildman–Crippen MR) is 62.9 cm³/mol. The molecule has 3 aliphatic rings. The van der Waals surface area contributed by atoms with Gasteiger partial charge in [0.15, 0.2) is 0 Å². The van der Waals surface area contributed by atoms with Gasteiger partial charge in [0.05, 0.1) is 0 Å². The highest BCUT2D eigenvalue weighted by molar-refractivity contribution is 4.96. The Kier molecular flexibility index (Phi) is 2.73. The number of fused-ring (bicyclic) bond motifs is 2. The Morgan fingerprint density at radius 1 is 1.07 bits per heavy atom. The molecule has 2 saturated heterocycles. The summed E-state index contributed by atoms with van der Waals surface area (Å²) in [4.78, 5) is 2.77. The van der Waals surface area contributed by atoms with Crippen LogP contribution in [0.5, 0.6) is 0 Å². The fraction of sp³-hybridized carbons (Fsp3) is 1.00. The summed E-state index contributed by atoms with van der Waals surface area (Å²) in [5.74, 6) is 1.05. The van der Waals surface area contributed by atoms with Crippen molar-refractivity contribution in [3.05, 3.63) is 0 Å². The average Bonchev–Trinajstić information content (AvgIpc) is 3.01. The molecule has 2 bridgehead atoms. The second kappa shape index (κ2) is 4.06. The van der Waals surface area contributed by atoms with E-state index in [1.54, 1.807) is 0 Å². The lowest BCUT2D eigenvalue weighted by atomic mass is 9.98. The van der Waals surface area contributed by atoms with E-state index in [2.05, 4.69) is 17.1 Å². The second-order valence-corrected chi connectivity index (χ2v) is 5.79. The SMILES string of the molecule is CCN(CC1CC1)C1CC2CCC(C1)N2. The molecule has 1 aliphatic carbocycles. The lowest BCUT2D eigenvalue weighted by Gasteiger charge is -2.37. The molecule has 0 radical (unpaired) electrons. The summed E-state index contributed by atoms with van der Waals surface area (Å²) in [6.07, 6.45) is 8.68. The van der Waals surface area contributed by atoms with Gasteiger partial charge in [0.1, 0.15) is 0 Å². The van der Waals surface area contributed by atoms with E-state index in [9.17, 15) is 0 Å². The van der Waals surface area contributed by atoms with E-state index < -0.39 is 0 Å². The summed E-state index contributed by atoms with van der Waals surface area (Å²) >= 11 is 0. The zero-order valence-electron chi connectivity index (χ0n) is 9.91. The Morgan fingerprint density at radius 3 is 2.27 bits per heavy atom. The van der Waals surface area contributed by atoms with Crippen molar-refractivity contribution in [1.29, 1.82) is 0 Å². The van der Waals surface area contributed by atoms with E-state index in [-0.39, 0.29) is 0 Å². The molecule has 0 aromatic heterocycles. The van der Waals surface area contributed by atoms with Crippen LogP contribution < -0.4 is 5.32 Å². The van der Waals surface area contributed by atoms with Crippen molar-refractivity contribution >= 4 is 0 Å². The fourth-order valence-corrected chi connectivity index (χ4v) is 3.49. The molecule has 0 amide bonds. The number of hydrogen-bond donors (Lipinski definition) is 1. The summed E-state index contributed by atoms with van der Waals surface area (Å²) in [5, 5.41) is 3.74. The van der Waals surface area contributed by atoms with Crippen molar-refractivity contribution in [1.82, 2.24) is 10.2 Å². The van der Waals surface area contributed by atoms with E-state index in [4.69, 9.17) is 0 Å². The molecule has 2 heterocycles. The molecule has 2 heteroatoms. The Hall–Kier alpha value is -0.0800. The molecule has 0 aromatic carbocycles. The van der Waals surface area contributed by atoms with Crippen LogP contribution >= 0.6 is 0 Å². The van der Waals surface area contributed by atoms with Gasteiger partial charge in [0.25, 0.3) is 0 Å². The summed E-state index contributed by atoms with van der Waals surface area (Å²) < 4.78 is 0. The maximum absolute atomic E-state index is 3.74. The van der Waals surface area contributed by atoms with Gasteiger partial charge in [-0.15, -0.1) is 0 Å². The van der Waals surface area contributed by atoms with Crippen LogP contribution in [0.1, 0.15) is 45.4 Å². The predicted octanol–water partition coefficient (Wildman–Crippen LogP) is 2.00. The van der Waals surface area contributed by atoms with Crippen LogP contribution in [0.2, 0.25) is 0 Å². The summed E-state index contributed by atoms with van der Waals surface area (Å²) in [6, 6.07) is 2.60. The number of nitrogens with one attached hydrogen (secondary N) is 1. The molecule has 3 fully saturated rings. The van der Waals surface area contributed by atoms with Gasteiger partial charge in [-0.05, 0) is 51.0 Å². The van der Waals surface area contributed by atoms with Crippen molar-refractivity contribution in [3.63, 3.8) is 0 Å². The molecule has 1 saturated carbocycles. The van der Waals surface area contributed by atoms with E-state index in [1.807, 2.05) is 0 Å². The van der Waals surface area contributed by atoms with Crippen molar-refractivity contribution in [2.75, 3.05) is 13.1 Å². The number of nitrogens with zero attached hydrogens (tertiary/aromatic N) is 1. The van der Waals surface area contributed by atoms with Gasteiger partial charge in [-0.25, -0.2) is 0 Å². The first-order valence-electron chi connectivity index (χ1n) is 6.85.